The number of hydrogen-bond acceptors (Lipinski definition) is 3. The van der Waals surface area contributed by atoms with Gasteiger partial charge in [-0.3, -0.25) is 0 Å². The molecule has 1 heterocycles. The minimum Gasteiger partial charge on any atom is -0.472 e. The summed E-state index contributed by atoms with van der Waals surface area (Å²) in [7, 11) is 0. The van der Waals surface area contributed by atoms with Crippen molar-refractivity contribution < 1.29 is 17.6 Å². The molecular weight excluding hydrogens is 275 g/mol. The molecular formula is C13H12F3NOS. The molecule has 19 heavy (non-hydrogen) atoms. The van der Waals surface area contributed by atoms with Crippen molar-refractivity contribution in [1.29, 1.82) is 0 Å². The van der Waals surface area contributed by atoms with Gasteiger partial charge < -0.3 is 9.73 Å². The van der Waals surface area contributed by atoms with Gasteiger partial charge in [0.05, 0.1) is 18.6 Å². The first-order chi connectivity index (χ1) is 8.96. The molecule has 2 aromatic rings. The number of anilines is 1. The largest absolute Gasteiger partial charge is 0.472 e. The Morgan fingerprint density at radius 3 is 2.58 bits per heavy atom. The number of para-hydroxylation sites is 1. The summed E-state index contributed by atoms with van der Waals surface area (Å²) in [5, 5.41) is 3.05. The first-order valence-corrected chi connectivity index (χ1v) is 6.41. The Hall–Kier alpha value is -1.56. The Kier molecular flexibility index (Phi) is 4.09. The number of rotatable bonds is 4. The molecule has 2 nitrogen and oxygen atoms in total. The monoisotopic (exact) mass is 287 g/mol. The fourth-order valence-corrected chi connectivity index (χ4v) is 2.27. The Morgan fingerprint density at radius 2 is 1.95 bits per heavy atom. The van der Waals surface area contributed by atoms with Crippen LogP contribution >= 0.6 is 11.8 Å². The van der Waals surface area contributed by atoms with Gasteiger partial charge in [0.1, 0.15) is 0 Å². The molecule has 102 valence electrons. The maximum atomic E-state index is 12.5. The Morgan fingerprint density at radius 1 is 1.21 bits per heavy atom. The lowest BCUT2D eigenvalue weighted by Gasteiger charge is -2.17. The lowest BCUT2D eigenvalue weighted by atomic mass is 10.1. The van der Waals surface area contributed by atoms with Crippen LogP contribution in [0.25, 0.3) is 0 Å². The second kappa shape index (κ2) is 5.61. The van der Waals surface area contributed by atoms with Crippen LogP contribution in [0.15, 0.2) is 52.2 Å². The first-order valence-electron chi connectivity index (χ1n) is 5.59. The van der Waals surface area contributed by atoms with Crippen molar-refractivity contribution in [2.45, 2.75) is 23.4 Å². The van der Waals surface area contributed by atoms with Crippen LogP contribution in [0.3, 0.4) is 0 Å². The summed E-state index contributed by atoms with van der Waals surface area (Å²) in [6.45, 7) is 1.86. The van der Waals surface area contributed by atoms with Gasteiger partial charge in [-0.15, -0.1) is 0 Å². The number of alkyl halides is 3. The van der Waals surface area contributed by atoms with Gasteiger partial charge >= 0.3 is 5.51 Å². The van der Waals surface area contributed by atoms with Gasteiger partial charge in [0.15, 0.2) is 0 Å². The molecule has 0 aliphatic rings. The van der Waals surface area contributed by atoms with Crippen molar-refractivity contribution in [3.8, 4) is 0 Å². The molecule has 0 bridgehead atoms. The van der Waals surface area contributed by atoms with Gasteiger partial charge in [-0.1, -0.05) is 12.1 Å². The molecule has 6 heteroatoms. The normalized spacial score (nSPS) is 13.3. The number of hydrogen-bond donors (Lipinski definition) is 1. The molecule has 0 saturated carbocycles. The van der Waals surface area contributed by atoms with Crippen LogP contribution in [-0.4, -0.2) is 5.51 Å². The van der Waals surface area contributed by atoms with E-state index in [-0.39, 0.29) is 22.7 Å². The molecule has 0 aliphatic carbocycles. The predicted molar refractivity (Wildman–Crippen MR) is 69.1 cm³/mol. The van der Waals surface area contributed by atoms with E-state index in [9.17, 15) is 13.2 Å². The van der Waals surface area contributed by atoms with E-state index in [1.165, 1.54) is 12.3 Å². The van der Waals surface area contributed by atoms with E-state index >= 15 is 0 Å². The van der Waals surface area contributed by atoms with Gasteiger partial charge in [-0.25, -0.2) is 0 Å². The first kappa shape index (κ1) is 13.9. The van der Waals surface area contributed by atoms with Gasteiger partial charge in [-0.05, 0) is 36.9 Å². The molecule has 0 fully saturated rings. The maximum absolute atomic E-state index is 12.5. The highest BCUT2D eigenvalue weighted by Gasteiger charge is 2.30. The number of furan rings is 1. The Bertz CT molecular complexity index is 525. The second-order valence-electron chi connectivity index (χ2n) is 3.97. The Balaban J connectivity index is 2.16. The molecule has 0 radical (unpaired) electrons. The van der Waals surface area contributed by atoms with E-state index in [4.69, 9.17) is 4.42 Å². The molecule has 1 aromatic heterocycles. The van der Waals surface area contributed by atoms with E-state index in [1.807, 2.05) is 6.92 Å². The average Bonchev–Trinajstić information content (AvgIpc) is 2.83. The smallest absolute Gasteiger partial charge is 0.446 e. The summed E-state index contributed by atoms with van der Waals surface area (Å²) in [6.07, 6.45) is 3.10. The highest BCUT2D eigenvalue weighted by molar-refractivity contribution is 8.00. The standard InChI is InChI=1S/C13H12F3NOS/c1-9(10-6-7-18-8-10)17-11-4-2-3-5-12(11)19-13(14,15)16/h2-9,17H,1H3. The highest BCUT2D eigenvalue weighted by Crippen LogP contribution is 2.41. The highest BCUT2D eigenvalue weighted by atomic mass is 32.2. The van der Waals surface area contributed by atoms with E-state index in [2.05, 4.69) is 5.32 Å². The van der Waals surface area contributed by atoms with E-state index in [0.717, 1.165) is 5.56 Å². The van der Waals surface area contributed by atoms with Crippen molar-refractivity contribution in [1.82, 2.24) is 0 Å². The van der Waals surface area contributed by atoms with Gasteiger partial charge in [-0.2, -0.15) is 13.2 Å². The fourth-order valence-electron chi connectivity index (χ4n) is 1.64. The minimum atomic E-state index is -4.29. The van der Waals surface area contributed by atoms with Crippen molar-refractivity contribution >= 4 is 17.4 Å². The van der Waals surface area contributed by atoms with E-state index < -0.39 is 5.51 Å². The van der Waals surface area contributed by atoms with Crippen LogP contribution < -0.4 is 5.32 Å². The fraction of sp³-hybridized carbons (Fsp3) is 0.231. The third-order valence-corrected chi connectivity index (χ3v) is 3.34. The molecule has 2 rings (SSSR count). The quantitative estimate of drug-likeness (QED) is 0.795. The number of thioether (sulfide) groups is 1. The lowest BCUT2D eigenvalue weighted by Crippen LogP contribution is -2.08. The summed E-state index contributed by atoms with van der Waals surface area (Å²) < 4.78 is 42.3. The van der Waals surface area contributed by atoms with Crippen molar-refractivity contribution in [2.75, 3.05) is 5.32 Å². The van der Waals surface area contributed by atoms with Gasteiger partial charge in [0.2, 0.25) is 0 Å². The summed E-state index contributed by atoms with van der Waals surface area (Å²) >= 11 is -0.119. The molecule has 1 atom stereocenters. The molecule has 1 N–H and O–H groups in total. The topological polar surface area (TPSA) is 25.2 Å². The number of halogens is 3. The number of benzene rings is 1. The third-order valence-electron chi connectivity index (χ3n) is 2.53. The summed E-state index contributed by atoms with van der Waals surface area (Å²) in [5.74, 6) is 0. The van der Waals surface area contributed by atoms with Crippen molar-refractivity contribution in [3.63, 3.8) is 0 Å². The summed E-state index contributed by atoms with van der Waals surface area (Å²) in [4.78, 5) is 0.158. The second-order valence-corrected chi connectivity index (χ2v) is 5.07. The number of nitrogens with one attached hydrogen (secondary N) is 1. The zero-order valence-electron chi connectivity index (χ0n) is 10.1. The summed E-state index contributed by atoms with van der Waals surface area (Å²) in [5.41, 5.74) is -2.96. The molecule has 0 saturated heterocycles. The predicted octanol–water partition coefficient (Wildman–Crippen LogP) is 5.06. The van der Waals surface area contributed by atoms with Crippen LogP contribution in [0.2, 0.25) is 0 Å². The van der Waals surface area contributed by atoms with Crippen molar-refractivity contribution in [3.05, 3.63) is 48.4 Å². The van der Waals surface area contributed by atoms with E-state index in [1.54, 1.807) is 30.5 Å². The van der Waals surface area contributed by atoms with Crippen LogP contribution in [0.4, 0.5) is 18.9 Å². The molecule has 1 aromatic carbocycles. The molecule has 0 spiro atoms. The van der Waals surface area contributed by atoms with Crippen molar-refractivity contribution in [2.24, 2.45) is 0 Å². The maximum Gasteiger partial charge on any atom is 0.446 e. The van der Waals surface area contributed by atoms with Crippen LogP contribution in [0.5, 0.6) is 0 Å². The van der Waals surface area contributed by atoms with Crippen LogP contribution in [-0.2, 0) is 0 Å². The van der Waals surface area contributed by atoms with Gasteiger partial charge in [0.25, 0.3) is 0 Å². The van der Waals surface area contributed by atoms with Crippen LogP contribution in [0.1, 0.15) is 18.5 Å². The van der Waals surface area contributed by atoms with Crippen LogP contribution in [0, 0.1) is 0 Å². The molecule has 0 aliphatic heterocycles. The third kappa shape index (κ3) is 3.96. The SMILES string of the molecule is CC(Nc1ccccc1SC(F)(F)F)c1ccoc1. The molecule has 0 amide bonds. The minimum absolute atomic E-state index is 0.119. The average molecular weight is 287 g/mol. The van der Waals surface area contributed by atoms with E-state index in [0.29, 0.717) is 5.69 Å². The lowest BCUT2D eigenvalue weighted by molar-refractivity contribution is -0.0327. The molecule has 1 unspecified atom stereocenters. The Labute approximate surface area is 113 Å². The zero-order valence-corrected chi connectivity index (χ0v) is 10.9. The summed E-state index contributed by atoms with van der Waals surface area (Å²) in [6, 6.07) is 8.01. The van der Waals surface area contributed by atoms with Gasteiger partial charge in [0, 0.05) is 16.1 Å². The zero-order chi connectivity index (χ0) is 13.9.